The van der Waals surface area contributed by atoms with E-state index in [-0.39, 0.29) is 22.5 Å². The van der Waals surface area contributed by atoms with Gasteiger partial charge in [-0.1, -0.05) is 17.8 Å². The molecule has 0 aliphatic carbocycles. The van der Waals surface area contributed by atoms with E-state index in [0.29, 0.717) is 10.1 Å². The summed E-state index contributed by atoms with van der Waals surface area (Å²) in [6.45, 7) is 3.58. The SMILES string of the molecule is C=CCSC1=NC(=Cc2ccc([N+](=O)[O-])o2)C(=O)S1. The number of nitrogens with zero attached hydrogens (tertiary/aromatic N) is 2. The van der Waals surface area contributed by atoms with Crippen LogP contribution in [-0.4, -0.2) is 20.2 Å². The van der Waals surface area contributed by atoms with Gasteiger partial charge in [-0.3, -0.25) is 14.9 Å². The van der Waals surface area contributed by atoms with Gasteiger partial charge < -0.3 is 4.42 Å². The molecular formula is C11H8N2O4S2. The van der Waals surface area contributed by atoms with Gasteiger partial charge in [0.2, 0.25) is 5.12 Å². The summed E-state index contributed by atoms with van der Waals surface area (Å²) in [5.74, 6) is 0.531. The molecule has 0 aromatic carbocycles. The molecule has 0 amide bonds. The van der Waals surface area contributed by atoms with Gasteiger partial charge >= 0.3 is 5.88 Å². The van der Waals surface area contributed by atoms with Crippen LogP contribution in [0.5, 0.6) is 0 Å². The maximum absolute atomic E-state index is 11.7. The van der Waals surface area contributed by atoms with Crippen molar-refractivity contribution in [3.05, 3.63) is 46.4 Å². The molecule has 0 unspecified atom stereocenters. The molecule has 6 nitrogen and oxygen atoms in total. The van der Waals surface area contributed by atoms with Crippen LogP contribution in [0.15, 0.2) is 39.9 Å². The molecule has 1 aromatic heterocycles. The number of carbonyl (C=O) groups is 1. The van der Waals surface area contributed by atoms with Crippen LogP contribution in [-0.2, 0) is 4.79 Å². The van der Waals surface area contributed by atoms with E-state index in [1.807, 2.05) is 0 Å². The van der Waals surface area contributed by atoms with Gasteiger partial charge in [-0.05, 0) is 17.8 Å². The lowest BCUT2D eigenvalue weighted by molar-refractivity contribution is -0.402. The second-order valence-electron chi connectivity index (χ2n) is 3.33. The van der Waals surface area contributed by atoms with Crippen LogP contribution in [0.1, 0.15) is 5.76 Å². The van der Waals surface area contributed by atoms with E-state index >= 15 is 0 Å². The fourth-order valence-corrected chi connectivity index (χ4v) is 2.84. The van der Waals surface area contributed by atoms with Crippen molar-refractivity contribution in [2.24, 2.45) is 4.99 Å². The van der Waals surface area contributed by atoms with Crippen molar-refractivity contribution in [1.82, 2.24) is 0 Å². The smallest absolute Gasteiger partial charge is 0.401 e. The Bertz CT molecular complexity index is 604. The molecule has 2 heterocycles. The predicted molar refractivity (Wildman–Crippen MR) is 76.0 cm³/mol. The van der Waals surface area contributed by atoms with Crippen molar-refractivity contribution in [2.45, 2.75) is 0 Å². The first-order valence-corrected chi connectivity index (χ1v) is 6.91. The Morgan fingerprint density at radius 3 is 3.00 bits per heavy atom. The first-order chi connectivity index (χ1) is 9.10. The minimum absolute atomic E-state index is 0.203. The van der Waals surface area contributed by atoms with E-state index in [4.69, 9.17) is 4.42 Å². The molecule has 98 valence electrons. The number of hydrogen-bond donors (Lipinski definition) is 0. The molecule has 0 spiro atoms. The quantitative estimate of drug-likeness (QED) is 0.367. The molecule has 19 heavy (non-hydrogen) atoms. The van der Waals surface area contributed by atoms with Crippen molar-refractivity contribution >= 4 is 45.0 Å². The third-order valence-corrected chi connectivity index (χ3v) is 4.00. The molecule has 1 aliphatic rings. The molecular weight excluding hydrogens is 288 g/mol. The lowest BCUT2D eigenvalue weighted by Gasteiger charge is -1.90. The third kappa shape index (κ3) is 3.36. The molecule has 8 heteroatoms. The minimum Gasteiger partial charge on any atom is -0.401 e. The Hall–Kier alpha value is -1.80. The standard InChI is InChI=1S/C11H8N2O4S2/c1-2-5-18-11-12-8(10(14)19-11)6-7-3-4-9(17-7)13(15)16/h2-4,6H,1,5H2. The number of hydrogen-bond acceptors (Lipinski definition) is 7. The molecule has 0 saturated heterocycles. The Morgan fingerprint density at radius 1 is 1.58 bits per heavy atom. The maximum Gasteiger partial charge on any atom is 0.433 e. The Morgan fingerprint density at radius 2 is 2.37 bits per heavy atom. The number of carbonyl (C=O) groups excluding carboxylic acids is 1. The van der Waals surface area contributed by atoms with E-state index in [0.717, 1.165) is 11.8 Å². The normalized spacial score (nSPS) is 16.7. The summed E-state index contributed by atoms with van der Waals surface area (Å²) in [4.78, 5) is 25.6. The topological polar surface area (TPSA) is 85.7 Å². The maximum atomic E-state index is 11.7. The van der Waals surface area contributed by atoms with Crippen LogP contribution >= 0.6 is 23.5 Å². The highest BCUT2D eigenvalue weighted by Crippen LogP contribution is 2.31. The highest BCUT2D eigenvalue weighted by atomic mass is 32.2. The predicted octanol–water partition coefficient (Wildman–Crippen LogP) is 3.08. The number of furan rings is 1. The second-order valence-corrected chi connectivity index (χ2v) is 5.56. The van der Waals surface area contributed by atoms with E-state index in [2.05, 4.69) is 11.6 Å². The van der Waals surface area contributed by atoms with Crippen molar-refractivity contribution in [2.75, 3.05) is 5.75 Å². The molecule has 0 saturated carbocycles. The van der Waals surface area contributed by atoms with Gasteiger partial charge in [0.1, 0.15) is 20.8 Å². The van der Waals surface area contributed by atoms with Gasteiger partial charge in [-0.2, -0.15) is 0 Å². The van der Waals surface area contributed by atoms with Crippen LogP contribution in [0.25, 0.3) is 6.08 Å². The Kier molecular flexibility index (Phi) is 4.23. The van der Waals surface area contributed by atoms with Gasteiger partial charge in [-0.15, -0.1) is 6.58 Å². The number of thioether (sulfide) groups is 2. The molecule has 0 atom stereocenters. The lowest BCUT2D eigenvalue weighted by atomic mass is 10.3. The largest absolute Gasteiger partial charge is 0.433 e. The summed E-state index contributed by atoms with van der Waals surface area (Å²) in [7, 11) is 0. The zero-order valence-corrected chi connectivity index (χ0v) is 11.2. The Labute approximate surface area is 116 Å². The van der Waals surface area contributed by atoms with Crippen LogP contribution in [0, 0.1) is 10.1 Å². The first-order valence-electron chi connectivity index (χ1n) is 5.10. The van der Waals surface area contributed by atoms with Crippen LogP contribution in [0.3, 0.4) is 0 Å². The third-order valence-electron chi connectivity index (χ3n) is 2.00. The molecule has 0 bridgehead atoms. The van der Waals surface area contributed by atoms with Gasteiger partial charge in [0.05, 0.1) is 6.07 Å². The molecule has 1 aliphatic heterocycles. The van der Waals surface area contributed by atoms with Gasteiger partial charge in [0.25, 0.3) is 0 Å². The van der Waals surface area contributed by atoms with E-state index < -0.39 is 4.92 Å². The van der Waals surface area contributed by atoms with Crippen LogP contribution in [0.2, 0.25) is 0 Å². The van der Waals surface area contributed by atoms with Crippen molar-refractivity contribution < 1.29 is 14.1 Å². The second kappa shape index (κ2) is 5.89. The van der Waals surface area contributed by atoms with Crippen molar-refractivity contribution in [3.63, 3.8) is 0 Å². The summed E-state index contributed by atoms with van der Waals surface area (Å²) in [6, 6.07) is 2.66. The minimum atomic E-state index is -0.637. The van der Waals surface area contributed by atoms with Crippen LogP contribution in [0.4, 0.5) is 5.88 Å². The van der Waals surface area contributed by atoms with E-state index in [1.54, 1.807) is 6.08 Å². The molecule has 0 N–H and O–H groups in total. The summed E-state index contributed by atoms with van der Waals surface area (Å²) < 4.78 is 5.58. The fourth-order valence-electron chi connectivity index (χ4n) is 1.23. The van der Waals surface area contributed by atoms with E-state index in [1.165, 1.54) is 30.0 Å². The molecule has 0 fully saturated rings. The van der Waals surface area contributed by atoms with Gasteiger partial charge in [0, 0.05) is 11.8 Å². The molecule has 0 radical (unpaired) electrons. The van der Waals surface area contributed by atoms with Gasteiger partial charge in [0.15, 0.2) is 0 Å². The lowest BCUT2D eigenvalue weighted by Crippen LogP contribution is -1.87. The number of nitro groups is 1. The van der Waals surface area contributed by atoms with Crippen LogP contribution < -0.4 is 0 Å². The van der Waals surface area contributed by atoms with Gasteiger partial charge in [-0.25, -0.2) is 4.99 Å². The number of rotatable bonds is 4. The van der Waals surface area contributed by atoms with Crippen molar-refractivity contribution in [1.29, 1.82) is 0 Å². The highest BCUT2D eigenvalue weighted by Gasteiger charge is 2.23. The zero-order chi connectivity index (χ0) is 13.8. The molecule has 1 aromatic rings. The highest BCUT2D eigenvalue weighted by molar-refractivity contribution is 8.45. The summed E-state index contributed by atoms with van der Waals surface area (Å²) >= 11 is 2.43. The molecule has 2 rings (SSSR count). The van der Waals surface area contributed by atoms with Crippen molar-refractivity contribution in [3.8, 4) is 0 Å². The summed E-state index contributed by atoms with van der Waals surface area (Å²) in [6.07, 6.45) is 3.11. The monoisotopic (exact) mass is 296 g/mol. The zero-order valence-electron chi connectivity index (χ0n) is 9.57. The first kappa shape index (κ1) is 13.6. The number of aliphatic imine (C=N–C) groups is 1. The Balaban J connectivity index is 2.17. The summed E-state index contributed by atoms with van der Waals surface area (Å²) in [5, 5.41) is 10.3. The average Bonchev–Trinajstić information content (AvgIpc) is 2.95. The summed E-state index contributed by atoms with van der Waals surface area (Å²) in [5.41, 5.74) is 0.223. The average molecular weight is 296 g/mol. The van der Waals surface area contributed by atoms with E-state index in [9.17, 15) is 14.9 Å². The fraction of sp³-hybridized carbons (Fsp3) is 0.0909.